The van der Waals surface area contributed by atoms with E-state index in [9.17, 15) is 39.0 Å². The zero-order valence-corrected chi connectivity index (χ0v) is 47.7. The quantitative estimate of drug-likeness (QED) is 0.136. The molecule has 0 aromatic carbocycles. The van der Waals surface area contributed by atoms with Crippen LogP contribution in [0.15, 0.2) is 47.6 Å². The summed E-state index contributed by atoms with van der Waals surface area (Å²) in [5, 5.41) is 23.6. The van der Waals surface area contributed by atoms with Gasteiger partial charge in [-0.25, -0.2) is 4.79 Å². The van der Waals surface area contributed by atoms with E-state index in [4.69, 9.17) is 37.9 Å². The number of esters is 2. The van der Waals surface area contributed by atoms with Crippen LogP contribution in [0.4, 0.5) is 0 Å². The summed E-state index contributed by atoms with van der Waals surface area (Å²) in [7, 11) is 4.52. The molecule has 0 radical (unpaired) electrons. The second-order valence-corrected chi connectivity index (χ2v) is 23.5. The van der Waals surface area contributed by atoms with Gasteiger partial charge in [0.05, 0.1) is 31.5 Å². The predicted molar refractivity (Wildman–Crippen MR) is 283 cm³/mol. The van der Waals surface area contributed by atoms with E-state index in [0.29, 0.717) is 69.8 Å². The number of ketones is 3. The van der Waals surface area contributed by atoms with Crippen molar-refractivity contribution in [2.75, 3.05) is 41.1 Å². The topological polar surface area (TPSA) is 220 Å². The Morgan fingerprint density at radius 3 is 2.18 bits per heavy atom. The fourth-order valence-corrected chi connectivity index (χ4v) is 11.4. The van der Waals surface area contributed by atoms with Crippen LogP contribution < -0.4 is 0 Å². The van der Waals surface area contributed by atoms with Crippen LogP contribution in [0, 0.1) is 40.9 Å². The molecule has 1 aliphatic carbocycles. The molecule has 4 aliphatic heterocycles. The van der Waals surface area contributed by atoms with Crippen molar-refractivity contribution in [3.8, 4) is 0 Å². The van der Waals surface area contributed by atoms with Crippen molar-refractivity contribution in [1.29, 1.82) is 0 Å². The van der Waals surface area contributed by atoms with Gasteiger partial charge < -0.3 is 53.0 Å². The van der Waals surface area contributed by atoms with Gasteiger partial charge in [0.2, 0.25) is 5.79 Å². The summed E-state index contributed by atoms with van der Waals surface area (Å²) in [5.41, 5.74) is 0.243. The number of carbonyl (C=O) groups is 6. The van der Waals surface area contributed by atoms with Crippen molar-refractivity contribution in [3.63, 3.8) is 0 Å². The van der Waals surface area contributed by atoms with Gasteiger partial charge in [0.15, 0.2) is 11.6 Å². The molecular formula is C59H91NO16. The molecule has 2 N–H and O–H groups in total. The Hall–Kier alpha value is -3.94. The molecule has 0 spiro atoms. The Balaban J connectivity index is 1.43. The summed E-state index contributed by atoms with van der Waals surface area (Å²) in [5.74, 6) is -9.63. The number of allylic oxidation sites excluding steroid dienone is 6. The largest absolute Gasteiger partial charge is 0.460 e. The minimum atomic E-state index is -2.46. The number of fused-ring (bicyclic) bond motifs is 3. The fraction of sp³-hybridized carbons (Fsp3) is 0.763. The Bertz CT molecular complexity index is 2140. The lowest BCUT2D eigenvalue weighted by Crippen LogP contribution is -2.61. The second kappa shape index (κ2) is 27.8. The molecule has 428 valence electrons. The highest BCUT2D eigenvalue weighted by atomic mass is 16.7. The molecule has 15 atom stereocenters. The number of ether oxygens (including phenoxy) is 8. The third-order valence-corrected chi connectivity index (χ3v) is 16.7. The summed E-state index contributed by atoms with van der Waals surface area (Å²) < 4.78 is 47.6. The Kier molecular flexibility index (Phi) is 23.0. The Morgan fingerprint density at radius 1 is 0.829 bits per heavy atom. The molecule has 4 fully saturated rings. The molecule has 1 amide bonds. The van der Waals surface area contributed by atoms with E-state index >= 15 is 0 Å². The van der Waals surface area contributed by atoms with Gasteiger partial charge in [-0.05, 0) is 128 Å². The first-order valence-electron chi connectivity index (χ1n) is 27.8. The van der Waals surface area contributed by atoms with Crippen molar-refractivity contribution in [2.24, 2.45) is 40.9 Å². The maximum atomic E-state index is 14.6. The summed E-state index contributed by atoms with van der Waals surface area (Å²) in [6.45, 7) is 18.3. The third kappa shape index (κ3) is 16.1. The molecule has 5 rings (SSSR count). The first-order chi connectivity index (χ1) is 35.8. The lowest BCUT2D eigenvalue weighted by atomic mass is 9.78. The minimum Gasteiger partial charge on any atom is -0.460 e. The molecule has 76 heavy (non-hydrogen) atoms. The maximum absolute atomic E-state index is 14.6. The highest BCUT2D eigenvalue weighted by Gasteiger charge is 2.53. The zero-order chi connectivity index (χ0) is 56.3. The molecule has 4 heterocycles. The molecule has 0 aromatic heterocycles. The van der Waals surface area contributed by atoms with Gasteiger partial charge in [-0.3, -0.25) is 24.0 Å². The van der Waals surface area contributed by atoms with Crippen molar-refractivity contribution >= 4 is 35.2 Å². The minimum absolute atomic E-state index is 0.000496. The number of nitrogens with zero attached hydrogens (tertiary/aromatic N) is 1. The number of carbonyl (C=O) groups excluding carboxylic acids is 6. The normalized spacial score (nSPS) is 38.8. The number of cyclic esters (lactones) is 1. The highest BCUT2D eigenvalue weighted by molar-refractivity contribution is 6.39. The number of piperidine rings is 1. The molecule has 0 unspecified atom stereocenters. The van der Waals surface area contributed by atoms with Gasteiger partial charge in [-0.15, -0.1) is 0 Å². The van der Waals surface area contributed by atoms with Crippen LogP contribution in [0.2, 0.25) is 0 Å². The van der Waals surface area contributed by atoms with Crippen LogP contribution in [0.5, 0.6) is 0 Å². The van der Waals surface area contributed by atoms with Crippen LogP contribution in [0.3, 0.4) is 0 Å². The van der Waals surface area contributed by atoms with Crippen molar-refractivity contribution in [3.05, 3.63) is 47.6 Å². The van der Waals surface area contributed by atoms with E-state index in [-0.39, 0.29) is 56.0 Å². The fourth-order valence-electron chi connectivity index (χ4n) is 11.4. The van der Waals surface area contributed by atoms with E-state index in [1.165, 1.54) is 12.0 Å². The molecule has 17 nitrogen and oxygen atoms in total. The molecule has 1 saturated carbocycles. The summed E-state index contributed by atoms with van der Waals surface area (Å²) >= 11 is 0. The van der Waals surface area contributed by atoms with Gasteiger partial charge in [-0.2, -0.15) is 0 Å². The molecule has 17 heteroatoms. The van der Waals surface area contributed by atoms with Crippen molar-refractivity contribution < 1.29 is 76.9 Å². The number of aliphatic hydroxyl groups excluding tert-OH is 1. The monoisotopic (exact) mass is 1070 g/mol. The van der Waals surface area contributed by atoms with Gasteiger partial charge in [-0.1, -0.05) is 71.1 Å². The lowest BCUT2D eigenvalue weighted by Gasteiger charge is -2.43. The van der Waals surface area contributed by atoms with Crippen LogP contribution in [-0.2, 0) is 66.7 Å². The number of aliphatic hydroxyl groups is 2. The number of hydrogen-bond donors (Lipinski definition) is 2. The number of rotatable bonds is 8. The van der Waals surface area contributed by atoms with Crippen LogP contribution in [0.25, 0.3) is 0 Å². The summed E-state index contributed by atoms with van der Waals surface area (Å²) in [4.78, 5) is 86.3. The van der Waals surface area contributed by atoms with Crippen LogP contribution in [0.1, 0.15) is 146 Å². The first-order valence-corrected chi connectivity index (χ1v) is 27.8. The summed E-state index contributed by atoms with van der Waals surface area (Å²) in [6.07, 6.45) is 10.5. The van der Waals surface area contributed by atoms with Gasteiger partial charge in [0, 0.05) is 58.5 Å². The maximum Gasteiger partial charge on any atom is 0.329 e. The Labute approximate surface area is 451 Å². The third-order valence-electron chi connectivity index (χ3n) is 16.7. The molecular weight excluding hydrogens is 979 g/mol. The van der Waals surface area contributed by atoms with Gasteiger partial charge in [0.1, 0.15) is 41.7 Å². The van der Waals surface area contributed by atoms with E-state index in [2.05, 4.69) is 0 Å². The zero-order valence-electron chi connectivity index (χ0n) is 47.7. The van der Waals surface area contributed by atoms with E-state index in [0.717, 1.165) is 5.57 Å². The first kappa shape index (κ1) is 62.9. The molecule has 3 saturated heterocycles. The van der Waals surface area contributed by atoms with E-state index < -0.39 is 113 Å². The number of hydrogen-bond acceptors (Lipinski definition) is 16. The van der Waals surface area contributed by atoms with Gasteiger partial charge >= 0.3 is 11.9 Å². The number of methoxy groups -OCH3 is 3. The van der Waals surface area contributed by atoms with Crippen molar-refractivity contribution in [2.45, 2.75) is 207 Å². The highest BCUT2D eigenvalue weighted by Crippen LogP contribution is 2.39. The van der Waals surface area contributed by atoms with Crippen LogP contribution >= 0.6 is 0 Å². The lowest BCUT2D eigenvalue weighted by molar-refractivity contribution is -0.283. The number of amides is 1. The SMILES string of the molecule is CO[C@H]1C[C@@H]2CC[C@@H](C)[C@@](O)(O2)C(=O)C(=O)N2CCCC[C@H]2C(=O)O[C@H]([C@H](C)C[C@@H]2CC[C@@H](OC(=O)C3(C)COC(C)(C)OC3)[C@H](OC)C2)CC(=O)[C@H](C)/C=C(\C)[C@@H](O)[C@@H](OC)C(=O)[C@H](C)C[C@H](C)\C=C/C=C/C=C/1C. The Morgan fingerprint density at radius 2 is 1.53 bits per heavy atom. The van der Waals surface area contributed by atoms with Gasteiger partial charge in [0.25, 0.3) is 11.7 Å². The molecule has 5 aliphatic rings. The van der Waals surface area contributed by atoms with E-state index in [1.54, 1.807) is 61.8 Å². The molecule has 0 aromatic rings. The standard InChI is InChI=1S/C59H91NO16/c1-35-19-15-14-16-20-36(2)47(69-11)31-43-24-22-41(7)59(68,76-43)53(64)54(65)60-26-18-17-21-44(60)55(66)74-48(32-45(61)37(3)28-40(6)51(63)52(71-13)50(62)39(5)27-35)38(4)29-42-23-25-46(49(30-42)70-12)75-56(67)58(10)33-72-57(8,9)73-34-58/h14-16,19-20,28,35,37-39,41-44,46-49,51-52,63,68H,17-18,21-27,29-34H2,1-13H3/b16-14+,19-15-,36-20+,40-28+/t35-,37-,38-,39-,41-,42+,43+,44+,46-,47+,48+,49-,51-,52+,59-/m1/s1. The second-order valence-electron chi connectivity index (χ2n) is 23.5. The van der Waals surface area contributed by atoms with E-state index in [1.807, 2.05) is 58.1 Å². The summed E-state index contributed by atoms with van der Waals surface area (Å²) in [6, 6.07) is -1.18. The average molecular weight is 1070 g/mol. The predicted octanol–water partition coefficient (Wildman–Crippen LogP) is 7.52. The van der Waals surface area contributed by atoms with Crippen molar-refractivity contribution in [1.82, 2.24) is 4.90 Å². The van der Waals surface area contributed by atoms with Crippen LogP contribution in [-0.4, -0.2) is 152 Å². The average Bonchev–Trinajstić information content (AvgIpc) is 3.39. The smallest absolute Gasteiger partial charge is 0.329 e. The number of Topliss-reactive ketones (excluding diaryl/α,β-unsaturated/α-hetero) is 3. The molecule has 2 bridgehead atoms.